The molecule has 1 aliphatic heterocycles. The fourth-order valence-corrected chi connectivity index (χ4v) is 5.42. The van der Waals surface area contributed by atoms with Crippen molar-refractivity contribution in [2.45, 2.75) is 29.4 Å². The van der Waals surface area contributed by atoms with Gasteiger partial charge in [0.15, 0.2) is 0 Å². The van der Waals surface area contributed by atoms with Crippen LogP contribution < -0.4 is 16.0 Å². The predicted octanol–water partition coefficient (Wildman–Crippen LogP) is 4.90. The van der Waals surface area contributed by atoms with Crippen LogP contribution in [-0.2, 0) is 15.6 Å². The van der Waals surface area contributed by atoms with E-state index in [4.69, 9.17) is 0 Å². The Balaban J connectivity index is 1.56. The SMILES string of the molecule is O=C(O)CC(c1ccccc1)S(=O)c1ccccc1NC(=O)c1cccc(NC2=CCCCN2)c1. The molecule has 35 heavy (non-hydrogen) atoms. The van der Waals surface area contributed by atoms with Gasteiger partial charge in [0, 0.05) is 17.8 Å². The number of hydrogen-bond acceptors (Lipinski definition) is 5. The molecule has 2 unspecified atom stereocenters. The second kappa shape index (κ2) is 11.5. The Kier molecular flexibility index (Phi) is 7.95. The molecule has 1 aliphatic rings. The van der Waals surface area contributed by atoms with Gasteiger partial charge < -0.3 is 21.1 Å². The first kappa shape index (κ1) is 24.2. The minimum atomic E-state index is -1.71. The summed E-state index contributed by atoms with van der Waals surface area (Å²) in [5.41, 5.74) is 2.27. The van der Waals surface area contributed by atoms with Gasteiger partial charge >= 0.3 is 5.97 Å². The van der Waals surface area contributed by atoms with Crippen molar-refractivity contribution in [3.05, 3.63) is 102 Å². The summed E-state index contributed by atoms with van der Waals surface area (Å²) in [7, 11) is -1.71. The summed E-state index contributed by atoms with van der Waals surface area (Å²) in [5.74, 6) is -0.473. The summed E-state index contributed by atoms with van der Waals surface area (Å²) in [6.45, 7) is 0.902. The lowest BCUT2D eigenvalue weighted by Crippen LogP contribution is -2.24. The molecular weight excluding hydrogens is 462 g/mol. The Bertz CT molecular complexity index is 1260. The molecule has 1 amide bonds. The van der Waals surface area contributed by atoms with E-state index in [0.717, 1.165) is 30.9 Å². The Hall–Kier alpha value is -3.91. The normalized spacial score (nSPS) is 14.7. The topological polar surface area (TPSA) is 108 Å². The molecule has 180 valence electrons. The third kappa shape index (κ3) is 6.36. The molecule has 1 heterocycles. The van der Waals surface area contributed by atoms with E-state index in [9.17, 15) is 18.9 Å². The van der Waals surface area contributed by atoms with E-state index < -0.39 is 22.0 Å². The van der Waals surface area contributed by atoms with Gasteiger partial charge in [-0.05, 0) is 54.8 Å². The molecule has 0 spiro atoms. The van der Waals surface area contributed by atoms with E-state index in [0.29, 0.717) is 21.7 Å². The highest BCUT2D eigenvalue weighted by Crippen LogP contribution is 2.32. The minimum absolute atomic E-state index is 0.295. The highest BCUT2D eigenvalue weighted by molar-refractivity contribution is 7.85. The summed E-state index contributed by atoms with van der Waals surface area (Å²) >= 11 is 0. The van der Waals surface area contributed by atoms with Crippen molar-refractivity contribution in [1.29, 1.82) is 0 Å². The van der Waals surface area contributed by atoms with Crippen molar-refractivity contribution < 1.29 is 18.9 Å². The molecule has 0 saturated carbocycles. The maximum atomic E-state index is 13.6. The molecule has 3 aromatic carbocycles. The van der Waals surface area contributed by atoms with Crippen molar-refractivity contribution in [3.8, 4) is 0 Å². The maximum absolute atomic E-state index is 13.6. The summed E-state index contributed by atoms with van der Waals surface area (Å²) in [6, 6.07) is 22.9. The van der Waals surface area contributed by atoms with Crippen LogP contribution in [0.25, 0.3) is 0 Å². The molecule has 2 atom stereocenters. The standard InChI is InChI=1S/C27H27N3O4S/c31-26(32)18-24(19-9-2-1-3-10-19)35(34)23-14-5-4-13-22(23)30-27(33)20-11-8-12-21(17-20)29-25-15-6-7-16-28-25/h1-5,8-15,17,24,28-29H,6-7,16,18H2,(H,30,33)(H,31,32). The van der Waals surface area contributed by atoms with Crippen molar-refractivity contribution >= 4 is 34.1 Å². The summed E-state index contributed by atoms with van der Waals surface area (Å²) in [4.78, 5) is 25.0. The number of nitrogens with one attached hydrogen (secondary N) is 3. The van der Waals surface area contributed by atoms with E-state index in [1.807, 2.05) is 12.1 Å². The Labute approximate surface area is 206 Å². The summed E-state index contributed by atoms with van der Waals surface area (Å²) < 4.78 is 13.6. The number of hydrogen-bond donors (Lipinski definition) is 4. The maximum Gasteiger partial charge on any atom is 0.304 e. The Morgan fingerprint density at radius 2 is 1.77 bits per heavy atom. The molecular formula is C27H27N3O4S. The number of rotatable bonds is 9. The van der Waals surface area contributed by atoms with E-state index >= 15 is 0 Å². The monoisotopic (exact) mass is 489 g/mol. The van der Waals surface area contributed by atoms with Gasteiger partial charge in [-0.1, -0.05) is 48.5 Å². The molecule has 0 bridgehead atoms. The second-order valence-corrected chi connectivity index (χ2v) is 9.74. The number of carbonyl (C=O) groups is 2. The van der Waals surface area contributed by atoms with E-state index in [1.54, 1.807) is 66.7 Å². The molecule has 0 aromatic heterocycles. The van der Waals surface area contributed by atoms with Crippen molar-refractivity contribution in [1.82, 2.24) is 5.32 Å². The van der Waals surface area contributed by atoms with Crippen LogP contribution in [0.5, 0.6) is 0 Å². The lowest BCUT2D eigenvalue weighted by atomic mass is 10.1. The van der Waals surface area contributed by atoms with Gasteiger partial charge in [0.1, 0.15) is 0 Å². The smallest absolute Gasteiger partial charge is 0.304 e. The highest BCUT2D eigenvalue weighted by Gasteiger charge is 2.26. The van der Waals surface area contributed by atoms with Crippen LogP contribution in [0.15, 0.2) is 95.7 Å². The zero-order chi connectivity index (χ0) is 24.6. The lowest BCUT2D eigenvalue weighted by Gasteiger charge is -2.19. The molecule has 4 N–H and O–H groups in total. The summed E-state index contributed by atoms with van der Waals surface area (Å²) in [5, 5.41) is 18.1. The van der Waals surface area contributed by atoms with Gasteiger partial charge in [0.25, 0.3) is 5.91 Å². The van der Waals surface area contributed by atoms with Gasteiger partial charge in [-0.2, -0.15) is 0 Å². The van der Waals surface area contributed by atoms with E-state index in [-0.39, 0.29) is 12.3 Å². The lowest BCUT2D eigenvalue weighted by molar-refractivity contribution is -0.137. The van der Waals surface area contributed by atoms with Crippen molar-refractivity contribution in [2.24, 2.45) is 0 Å². The molecule has 7 nitrogen and oxygen atoms in total. The van der Waals surface area contributed by atoms with Crippen LogP contribution in [0, 0.1) is 0 Å². The van der Waals surface area contributed by atoms with E-state index in [1.165, 1.54) is 0 Å². The number of carboxylic acids is 1. The molecule has 4 rings (SSSR count). The average Bonchev–Trinajstić information content (AvgIpc) is 2.88. The van der Waals surface area contributed by atoms with Crippen LogP contribution in [-0.4, -0.2) is 27.7 Å². The van der Waals surface area contributed by atoms with Crippen LogP contribution >= 0.6 is 0 Å². The fourth-order valence-electron chi connectivity index (χ4n) is 3.87. The van der Waals surface area contributed by atoms with Gasteiger partial charge in [0.05, 0.1) is 38.9 Å². The number of carbonyl (C=O) groups excluding carboxylic acids is 1. The number of allylic oxidation sites excluding steroid dienone is 1. The Morgan fingerprint density at radius 3 is 2.51 bits per heavy atom. The van der Waals surface area contributed by atoms with Gasteiger partial charge in [0.2, 0.25) is 0 Å². The quantitative estimate of drug-likeness (QED) is 0.341. The minimum Gasteiger partial charge on any atom is -0.481 e. The van der Waals surface area contributed by atoms with Gasteiger partial charge in [-0.25, -0.2) is 0 Å². The molecule has 0 radical (unpaired) electrons. The van der Waals surface area contributed by atoms with Gasteiger partial charge in [-0.15, -0.1) is 0 Å². The molecule has 8 heteroatoms. The van der Waals surface area contributed by atoms with Crippen molar-refractivity contribution in [3.63, 3.8) is 0 Å². The van der Waals surface area contributed by atoms with Crippen LogP contribution in [0.4, 0.5) is 11.4 Å². The first-order valence-corrected chi connectivity index (χ1v) is 12.6. The molecule has 0 saturated heterocycles. The zero-order valence-electron chi connectivity index (χ0n) is 19.1. The number of carboxylic acid groups (broad SMARTS) is 1. The number of anilines is 2. The van der Waals surface area contributed by atoms with Gasteiger partial charge in [-0.3, -0.25) is 13.8 Å². The second-order valence-electron chi connectivity index (χ2n) is 8.14. The molecule has 3 aromatic rings. The van der Waals surface area contributed by atoms with Crippen LogP contribution in [0.3, 0.4) is 0 Å². The Morgan fingerprint density at radius 1 is 1.00 bits per heavy atom. The molecule has 0 fully saturated rings. The number of amides is 1. The average molecular weight is 490 g/mol. The van der Waals surface area contributed by atoms with Crippen LogP contribution in [0.2, 0.25) is 0 Å². The number of para-hydroxylation sites is 1. The number of aliphatic carboxylic acids is 1. The third-order valence-electron chi connectivity index (χ3n) is 5.59. The first-order chi connectivity index (χ1) is 17.0. The van der Waals surface area contributed by atoms with Crippen molar-refractivity contribution in [2.75, 3.05) is 17.2 Å². The predicted molar refractivity (Wildman–Crippen MR) is 138 cm³/mol. The summed E-state index contributed by atoms with van der Waals surface area (Å²) in [6.07, 6.45) is 3.87. The van der Waals surface area contributed by atoms with E-state index in [2.05, 4.69) is 22.0 Å². The third-order valence-corrected chi connectivity index (χ3v) is 7.34. The largest absolute Gasteiger partial charge is 0.481 e. The zero-order valence-corrected chi connectivity index (χ0v) is 19.9. The highest BCUT2D eigenvalue weighted by atomic mass is 32.2. The number of benzene rings is 3. The first-order valence-electron chi connectivity index (χ1n) is 11.4. The fraction of sp³-hybridized carbons (Fsp3) is 0.185. The molecule has 0 aliphatic carbocycles. The van der Waals surface area contributed by atoms with Crippen LogP contribution in [0.1, 0.15) is 40.4 Å².